The second-order valence-electron chi connectivity index (χ2n) is 5.24. The van der Waals surface area contributed by atoms with Crippen LogP contribution in [0.1, 0.15) is 48.0 Å². The van der Waals surface area contributed by atoms with Crippen molar-refractivity contribution in [3.8, 4) is 0 Å². The molecule has 0 radical (unpaired) electrons. The molecule has 1 saturated heterocycles. The first-order valence-electron chi connectivity index (χ1n) is 7.39. The third-order valence-corrected chi connectivity index (χ3v) is 4.02. The topological polar surface area (TPSA) is 37.4 Å². The van der Waals surface area contributed by atoms with E-state index >= 15 is 0 Å². The first-order valence-corrected chi connectivity index (χ1v) is 8.30. The van der Waals surface area contributed by atoms with E-state index in [1.807, 2.05) is 35.2 Å². The maximum absolute atomic E-state index is 12.3. The number of Topliss-reactive ketones (excluding diaryl/α,β-unsaturated/α-hetero) is 1. The zero-order valence-electron chi connectivity index (χ0n) is 12.1. The maximum Gasteiger partial charge on any atom is 0.222 e. The van der Waals surface area contributed by atoms with Crippen molar-refractivity contribution in [2.24, 2.45) is 0 Å². The average Bonchev–Trinajstić information content (AvgIpc) is 3.02. The van der Waals surface area contributed by atoms with Gasteiger partial charge in [0.05, 0.1) is 0 Å². The van der Waals surface area contributed by atoms with E-state index in [4.69, 9.17) is 0 Å². The third-order valence-electron chi connectivity index (χ3n) is 3.76. The van der Waals surface area contributed by atoms with Crippen molar-refractivity contribution in [2.45, 2.75) is 32.1 Å². The summed E-state index contributed by atoms with van der Waals surface area (Å²) in [6, 6.07) is 7.54. The van der Waals surface area contributed by atoms with E-state index in [0.29, 0.717) is 19.3 Å². The smallest absolute Gasteiger partial charge is 0.222 e. The van der Waals surface area contributed by atoms with Gasteiger partial charge in [0.15, 0.2) is 5.78 Å². The fourth-order valence-electron chi connectivity index (χ4n) is 2.62. The number of amides is 1. The molecule has 0 spiro atoms. The van der Waals surface area contributed by atoms with Crippen LogP contribution in [0.4, 0.5) is 0 Å². The highest BCUT2D eigenvalue weighted by Crippen LogP contribution is 2.16. The van der Waals surface area contributed by atoms with Gasteiger partial charge in [-0.15, -0.1) is 0 Å². The van der Waals surface area contributed by atoms with E-state index in [1.54, 1.807) is 4.99 Å². The molecule has 0 bridgehead atoms. The summed E-state index contributed by atoms with van der Waals surface area (Å²) in [6.07, 6.45) is 5.60. The molecule has 112 valence electrons. The Morgan fingerprint density at radius 2 is 1.86 bits per heavy atom. The molecule has 0 aromatic heterocycles. The molecule has 21 heavy (non-hydrogen) atoms. The molecule has 0 saturated carbocycles. The highest BCUT2D eigenvalue weighted by Gasteiger charge is 2.18. The molecule has 0 unspecified atom stereocenters. The molecular formula is C17H20BrNO2. The minimum Gasteiger partial charge on any atom is -0.343 e. The quantitative estimate of drug-likeness (QED) is 0.727. The lowest BCUT2D eigenvalue weighted by Crippen LogP contribution is -2.27. The lowest BCUT2D eigenvalue weighted by atomic mass is 10.00. The molecule has 1 fully saturated rings. The summed E-state index contributed by atoms with van der Waals surface area (Å²) in [7, 11) is 0. The summed E-state index contributed by atoms with van der Waals surface area (Å²) in [5.74, 6) is 0.291. The van der Waals surface area contributed by atoms with Crippen molar-refractivity contribution >= 4 is 33.7 Å². The molecule has 0 aliphatic carbocycles. The Morgan fingerprint density at radius 1 is 1.14 bits per heavy atom. The van der Waals surface area contributed by atoms with Crippen LogP contribution >= 0.6 is 15.9 Å². The molecule has 1 aromatic rings. The zero-order chi connectivity index (χ0) is 15.1. The van der Waals surface area contributed by atoms with Crippen molar-refractivity contribution in [3.05, 3.63) is 40.4 Å². The summed E-state index contributed by atoms with van der Waals surface area (Å²) >= 11 is 3.24. The van der Waals surface area contributed by atoms with Gasteiger partial charge in [0.2, 0.25) is 5.91 Å². The molecule has 3 nitrogen and oxygen atoms in total. The van der Waals surface area contributed by atoms with Crippen LogP contribution in [0.3, 0.4) is 0 Å². The van der Waals surface area contributed by atoms with Gasteiger partial charge in [-0.05, 0) is 35.9 Å². The van der Waals surface area contributed by atoms with Crippen LogP contribution in [0.5, 0.6) is 0 Å². The largest absolute Gasteiger partial charge is 0.343 e. The number of ketones is 1. The first-order chi connectivity index (χ1) is 10.2. The number of rotatable bonds is 6. The fourth-order valence-corrected chi connectivity index (χ4v) is 2.91. The molecule has 1 amide bonds. The van der Waals surface area contributed by atoms with E-state index in [0.717, 1.165) is 37.1 Å². The minimum absolute atomic E-state index is 0.102. The third kappa shape index (κ3) is 4.53. The highest BCUT2D eigenvalue weighted by atomic mass is 79.9. The number of likely N-dealkylation sites (tertiary alicyclic amines) is 1. The normalized spacial score (nSPS) is 14.8. The standard InChI is InChI=1S/C17H20BrNO2/c18-11-10-14-6-1-2-7-15(14)16(20)8-5-9-17(21)19-12-3-4-13-19/h1-2,6-7,10-11H,3-5,8-9,12-13H2. The Kier molecular flexibility index (Phi) is 6.18. The van der Waals surface area contributed by atoms with Crippen LogP contribution in [0.2, 0.25) is 0 Å². The van der Waals surface area contributed by atoms with Crippen LogP contribution in [0.15, 0.2) is 29.3 Å². The van der Waals surface area contributed by atoms with Crippen LogP contribution in [0.25, 0.3) is 6.08 Å². The molecule has 1 aliphatic heterocycles. The number of benzene rings is 1. The SMILES string of the molecule is O=C(CCCC(=O)N1CCCC1)c1ccccc1C=CBr. The highest BCUT2D eigenvalue weighted by molar-refractivity contribution is 9.11. The first kappa shape index (κ1) is 16.0. The predicted octanol–water partition coefficient (Wildman–Crippen LogP) is 4.03. The Balaban J connectivity index is 1.86. The van der Waals surface area contributed by atoms with Gasteiger partial charge in [0, 0.05) is 31.5 Å². The number of carbonyl (C=O) groups excluding carboxylic acids is 2. The lowest BCUT2D eigenvalue weighted by Gasteiger charge is -2.14. The summed E-state index contributed by atoms with van der Waals surface area (Å²) in [5.41, 5.74) is 1.63. The number of halogens is 1. The van der Waals surface area contributed by atoms with Crippen LogP contribution in [-0.4, -0.2) is 29.7 Å². The maximum atomic E-state index is 12.3. The van der Waals surface area contributed by atoms with Crippen molar-refractivity contribution in [1.82, 2.24) is 4.90 Å². The van der Waals surface area contributed by atoms with Crippen LogP contribution < -0.4 is 0 Å². The summed E-state index contributed by atoms with van der Waals surface area (Å²) < 4.78 is 0. The van der Waals surface area contributed by atoms with E-state index in [9.17, 15) is 9.59 Å². The second-order valence-corrected chi connectivity index (χ2v) is 5.77. The van der Waals surface area contributed by atoms with Gasteiger partial charge in [-0.25, -0.2) is 0 Å². The van der Waals surface area contributed by atoms with Gasteiger partial charge >= 0.3 is 0 Å². The van der Waals surface area contributed by atoms with Gasteiger partial charge in [0.1, 0.15) is 0 Å². The molecular weight excluding hydrogens is 330 g/mol. The predicted molar refractivity (Wildman–Crippen MR) is 88.4 cm³/mol. The van der Waals surface area contributed by atoms with E-state index in [1.165, 1.54) is 0 Å². The number of hydrogen-bond donors (Lipinski definition) is 0. The van der Waals surface area contributed by atoms with Crippen molar-refractivity contribution in [3.63, 3.8) is 0 Å². The minimum atomic E-state index is 0.102. The van der Waals surface area contributed by atoms with Gasteiger partial charge < -0.3 is 4.90 Å². The zero-order valence-corrected chi connectivity index (χ0v) is 13.6. The van der Waals surface area contributed by atoms with Crippen LogP contribution in [0, 0.1) is 0 Å². The van der Waals surface area contributed by atoms with Gasteiger partial charge in [-0.2, -0.15) is 0 Å². The Hall–Kier alpha value is -1.42. The van der Waals surface area contributed by atoms with E-state index in [-0.39, 0.29) is 11.7 Å². The molecule has 1 aliphatic rings. The van der Waals surface area contributed by atoms with Crippen molar-refractivity contribution in [2.75, 3.05) is 13.1 Å². The Labute approximate surface area is 134 Å². The Morgan fingerprint density at radius 3 is 2.57 bits per heavy atom. The molecule has 1 aromatic carbocycles. The summed E-state index contributed by atoms with van der Waals surface area (Å²) in [5, 5.41) is 0. The van der Waals surface area contributed by atoms with E-state index in [2.05, 4.69) is 15.9 Å². The number of carbonyl (C=O) groups is 2. The molecule has 4 heteroatoms. The van der Waals surface area contributed by atoms with Gasteiger partial charge in [-0.3, -0.25) is 9.59 Å². The number of nitrogens with zero attached hydrogens (tertiary/aromatic N) is 1. The molecule has 2 rings (SSSR count). The second kappa shape index (κ2) is 8.13. The van der Waals surface area contributed by atoms with Gasteiger partial charge in [0.25, 0.3) is 0 Å². The number of hydrogen-bond acceptors (Lipinski definition) is 2. The van der Waals surface area contributed by atoms with Gasteiger partial charge in [-0.1, -0.05) is 40.2 Å². The van der Waals surface area contributed by atoms with Crippen molar-refractivity contribution in [1.29, 1.82) is 0 Å². The molecule has 0 atom stereocenters. The van der Waals surface area contributed by atoms with Crippen molar-refractivity contribution < 1.29 is 9.59 Å². The molecule has 0 N–H and O–H groups in total. The summed E-state index contributed by atoms with van der Waals surface area (Å²) in [6.45, 7) is 1.76. The fraction of sp³-hybridized carbons (Fsp3) is 0.412. The van der Waals surface area contributed by atoms with Crippen LogP contribution in [-0.2, 0) is 4.79 Å². The Bertz CT molecular complexity index is 533. The monoisotopic (exact) mass is 349 g/mol. The molecule has 1 heterocycles. The average molecular weight is 350 g/mol. The lowest BCUT2D eigenvalue weighted by molar-refractivity contribution is -0.130. The summed E-state index contributed by atoms with van der Waals surface area (Å²) in [4.78, 5) is 27.9. The van der Waals surface area contributed by atoms with E-state index < -0.39 is 0 Å².